The Balaban J connectivity index is 1.71. The lowest BCUT2D eigenvalue weighted by Crippen LogP contribution is -2.65. The molecule has 5 nitrogen and oxygen atoms in total. The maximum absolute atomic E-state index is 12.2. The molecule has 0 radical (unpaired) electrons. The third-order valence-corrected chi connectivity index (χ3v) is 4.04. The summed E-state index contributed by atoms with van der Waals surface area (Å²) >= 11 is 0. The van der Waals surface area contributed by atoms with Gasteiger partial charge in [-0.15, -0.1) is 0 Å². The minimum atomic E-state index is -0.00979. The van der Waals surface area contributed by atoms with Crippen LogP contribution in [-0.2, 0) is 11.2 Å². The lowest BCUT2D eigenvalue weighted by molar-refractivity contribution is -0.130. The molecule has 0 spiro atoms. The average molecular weight is 274 g/mol. The average Bonchev–Trinajstić information content (AvgIpc) is 2.84. The second kappa shape index (κ2) is 5.52. The fraction of sp³-hybridized carbons (Fsp3) is 0.533. The first kappa shape index (κ1) is 13.5. The van der Waals surface area contributed by atoms with Crippen LogP contribution in [0.25, 0.3) is 0 Å². The summed E-state index contributed by atoms with van der Waals surface area (Å²) in [5, 5.41) is 8.79. The highest BCUT2D eigenvalue weighted by Crippen LogP contribution is 2.21. The normalized spacial score (nSPS) is 30.4. The predicted molar refractivity (Wildman–Crippen MR) is 77.5 cm³/mol. The van der Waals surface area contributed by atoms with Crippen LogP contribution in [0.15, 0.2) is 30.3 Å². The third-order valence-electron chi connectivity index (χ3n) is 4.04. The van der Waals surface area contributed by atoms with Crippen LogP contribution in [0.5, 0.6) is 0 Å². The van der Waals surface area contributed by atoms with Crippen LogP contribution in [0.4, 0.5) is 0 Å². The van der Waals surface area contributed by atoms with Gasteiger partial charge in [-0.25, -0.2) is 5.01 Å². The fourth-order valence-electron chi connectivity index (χ4n) is 3.03. The van der Waals surface area contributed by atoms with Crippen LogP contribution >= 0.6 is 0 Å². The number of fused-ring (bicyclic) bond motifs is 1. The molecule has 0 aromatic heterocycles. The highest BCUT2D eigenvalue weighted by Gasteiger charge is 2.44. The molecule has 2 fully saturated rings. The maximum Gasteiger partial charge on any atom is 0.228 e. The number of amides is 1. The fourth-order valence-corrected chi connectivity index (χ4v) is 3.03. The molecule has 3 atom stereocenters. The molecule has 2 saturated heterocycles. The van der Waals surface area contributed by atoms with Gasteiger partial charge in [0.2, 0.25) is 5.91 Å². The summed E-state index contributed by atoms with van der Waals surface area (Å²) in [7, 11) is 0. The standard InChI is InChI=1S/C15H22N4O/c1-10(2)19-14-12(9-16-19)15(20)18-13(17-14)8-11-6-4-3-5-7-11/h3-7,10,12-14,16-17H,8-9H2,1-2H3,(H,18,20). The predicted octanol–water partition coefficient (Wildman–Crippen LogP) is 0.446. The number of nitrogens with one attached hydrogen (secondary N) is 3. The van der Waals surface area contributed by atoms with Crippen molar-refractivity contribution in [1.29, 1.82) is 0 Å². The summed E-state index contributed by atoms with van der Waals surface area (Å²) < 4.78 is 0. The van der Waals surface area contributed by atoms with Crippen molar-refractivity contribution in [3.8, 4) is 0 Å². The lowest BCUT2D eigenvalue weighted by Gasteiger charge is -2.38. The second-order valence-electron chi connectivity index (χ2n) is 5.83. The second-order valence-corrected chi connectivity index (χ2v) is 5.83. The van der Waals surface area contributed by atoms with Gasteiger partial charge in [0.25, 0.3) is 0 Å². The quantitative estimate of drug-likeness (QED) is 0.749. The SMILES string of the molecule is CC(C)N1NCC2C(=O)NC(Cc3ccccc3)NC21. The van der Waals surface area contributed by atoms with E-state index in [1.165, 1.54) is 5.56 Å². The Labute approximate surface area is 119 Å². The van der Waals surface area contributed by atoms with E-state index in [9.17, 15) is 4.79 Å². The summed E-state index contributed by atoms with van der Waals surface area (Å²) in [5.41, 5.74) is 4.55. The summed E-state index contributed by atoms with van der Waals surface area (Å²) in [6, 6.07) is 10.6. The van der Waals surface area contributed by atoms with Crippen molar-refractivity contribution in [3.05, 3.63) is 35.9 Å². The van der Waals surface area contributed by atoms with Crippen LogP contribution in [0.2, 0.25) is 0 Å². The van der Waals surface area contributed by atoms with Crippen molar-refractivity contribution in [2.24, 2.45) is 5.92 Å². The summed E-state index contributed by atoms with van der Waals surface area (Å²) in [4.78, 5) is 12.2. The minimum absolute atomic E-state index is 0.00713. The summed E-state index contributed by atoms with van der Waals surface area (Å²) in [6.45, 7) is 4.98. The first-order valence-electron chi connectivity index (χ1n) is 7.27. The Kier molecular flexibility index (Phi) is 3.74. The first-order valence-corrected chi connectivity index (χ1v) is 7.27. The van der Waals surface area contributed by atoms with Gasteiger partial charge < -0.3 is 5.32 Å². The zero-order chi connectivity index (χ0) is 14.1. The summed E-state index contributed by atoms with van der Waals surface area (Å²) in [6.07, 6.45) is 0.881. The molecular formula is C15H22N4O. The molecule has 108 valence electrons. The Hall–Kier alpha value is -1.43. The number of nitrogens with zero attached hydrogens (tertiary/aromatic N) is 1. The van der Waals surface area contributed by atoms with Gasteiger partial charge in [-0.3, -0.25) is 15.5 Å². The molecule has 3 N–H and O–H groups in total. The van der Waals surface area contributed by atoms with Gasteiger partial charge in [0, 0.05) is 19.0 Å². The van der Waals surface area contributed by atoms with Crippen molar-refractivity contribution in [1.82, 2.24) is 21.1 Å². The van der Waals surface area contributed by atoms with E-state index in [0.29, 0.717) is 12.6 Å². The number of hydrazine groups is 1. The molecule has 0 bridgehead atoms. The zero-order valence-corrected chi connectivity index (χ0v) is 12.0. The van der Waals surface area contributed by atoms with Gasteiger partial charge in [-0.2, -0.15) is 0 Å². The van der Waals surface area contributed by atoms with Crippen LogP contribution in [0.3, 0.4) is 0 Å². The van der Waals surface area contributed by atoms with Crippen molar-refractivity contribution in [3.63, 3.8) is 0 Å². The monoisotopic (exact) mass is 274 g/mol. The molecule has 2 aliphatic heterocycles. The topological polar surface area (TPSA) is 56.4 Å². The van der Waals surface area contributed by atoms with Crippen LogP contribution < -0.4 is 16.1 Å². The van der Waals surface area contributed by atoms with Gasteiger partial charge in [-0.1, -0.05) is 30.3 Å². The number of rotatable bonds is 3. The number of carbonyl (C=O) groups is 1. The van der Waals surface area contributed by atoms with Crippen LogP contribution in [0, 0.1) is 5.92 Å². The molecule has 1 amide bonds. The van der Waals surface area contributed by atoms with Crippen molar-refractivity contribution >= 4 is 5.91 Å². The van der Waals surface area contributed by atoms with Crippen molar-refractivity contribution < 1.29 is 4.79 Å². The number of hydrogen-bond donors (Lipinski definition) is 3. The zero-order valence-electron chi connectivity index (χ0n) is 12.0. The van der Waals surface area contributed by atoms with E-state index in [1.54, 1.807) is 0 Å². The van der Waals surface area contributed by atoms with E-state index in [0.717, 1.165) is 6.42 Å². The Morgan fingerprint density at radius 1 is 1.30 bits per heavy atom. The third kappa shape index (κ3) is 2.57. The number of hydrogen-bond acceptors (Lipinski definition) is 4. The highest BCUT2D eigenvalue weighted by atomic mass is 16.2. The Morgan fingerprint density at radius 3 is 2.75 bits per heavy atom. The van der Waals surface area contributed by atoms with E-state index in [2.05, 4.69) is 47.0 Å². The molecule has 20 heavy (non-hydrogen) atoms. The van der Waals surface area contributed by atoms with Gasteiger partial charge in [0.05, 0.1) is 18.2 Å². The molecule has 2 heterocycles. The van der Waals surface area contributed by atoms with Gasteiger partial charge in [0.1, 0.15) is 0 Å². The molecule has 0 aliphatic carbocycles. The van der Waals surface area contributed by atoms with Crippen molar-refractivity contribution in [2.45, 2.75) is 38.6 Å². The van der Waals surface area contributed by atoms with E-state index in [1.807, 2.05) is 18.2 Å². The molecular weight excluding hydrogens is 252 g/mol. The first-order chi connectivity index (χ1) is 9.65. The molecule has 1 aromatic rings. The molecule has 3 unspecified atom stereocenters. The van der Waals surface area contributed by atoms with Gasteiger partial charge >= 0.3 is 0 Å². The highest BCUT2D eigenvalue weighted by molar-refractivity contribution is 5.81. The molecule has 1 aromatic carbocycles. The maximum atomic E-state index is 12.2. The van der Waals surface area contributed by atoms with Crippen LogP contribution in [-0.4, -0.2) is 35.8 Å². The van der Waals surface area contributed by atoms with Gasteiger partial charge in [0.15, 0.2) is 0 Å². The minimum Gasteiger partial charge on any atom is -0.340 e. The van der Waals surface area contributed by atoms with E-state index >= 15 is 0 Å². The van der Waals surface area contributed by atoms with Crippen LogP contribution in [0.1, 0.15) is 19.4 Å². The summed E-state index contributed by atoms with van der Waals surface area (Å²) in [5.74, 6) is 0.134. The molecule has 3 rings (SSSR count). The van der Waals surface area contributed by atoms with E-state index in [-0.39, 0.29) is 24.2 Å². The van der Waals surface area contributed by atoms with Gasteiger partial charge in [-0.05, 0) is 19.4 Å². The lowest BCUT2D eigenvalue weighted by atomic mass is 10.0. The van der Waals surface area contributed by atoms with E-state index in [4.69, 9.17) is 0 Å². The Bertz CT molecular complexity index is 476. The van der Waals surface area contributed by atoms with E-state index < -0.39 is 0 Å². The number of carbonyl (C=O) groups excluding carboxylic acids is 1. The van der Waals surface area contributed by atoms with Crippen molar-refractivity contribution in [2.75, 3.05) is 6.54 Å². The molecule has 5 heteroatoms. The molecule has 2 aliphatic rings. The largest absolute Gasteiger partial charge is 0.340 e. The molecule has 0 saturated carbocycles. The number of benzene rings is 1. The Morgan fingerprint density at radius 2 is 2.05 bits per heavy atom. The smallest absolute Gasteiger partial charge is 0.228 e.